The van der Waals surface area contributed by atoms with Crippen molar-refractivity contribution in [1.82, 2.24) is 15.4 Å². The van der Waals surface area contributed by atoms with Crippen LogP contribution in [0.2, 0.25) is 5.02 Å². The summed E-state index contributed by atoms with van der Waals surface area (Å²) in [6.45, 7) is 2.64. The highest BCUT2D eigenvalue weighted by Gasteiger charge is 2.18. The largest absolute Gasteiger partial charge is 0.393 e. The highest BCUT2D eigenvalue weighted by atomic mass is 35.5. The SMILES string of the molecule is Nc1c(NNC(=O)c2ccccc2Cl)ncnc1N1CCOCC1. The predicted octanol–water partition coefficient (Wildman–Crippen LogP) is 1.31. The maximum absolute atomic E-state index is 12.2. The molecule has 24 heavy (non-hydrogen) atoms. The van der Waals surface area contributed by atoms with Gasteiger partial charge in [-0.3, -0.25) is 15.6 Å². The predicted molar refractivity (Wildman–Crippen MR) is 92.0 cm³/mol. The van der Waals surface area contributed by atoms with Gasteiger partial charge in [0.25, 0.3) is 5.91 Å². The summed E-state index contributed by atoms with van der Waals surface area (Å²) >= 11 is 6.00. The van der Waals surface area contributed by atoms with Gasteiger partial charge in [-0.05, 0) is 12.1 Å². The van der Waals surface area contributed by atoms with E-state index >= 15 is 0 Å². The van der Waals surface area contributed by atoms with Gasteiger partial charge in [0.2, 0.25) is 0 Å². The molecule has 0 aliphatic carbocycles. The van der Waals surface area contributed by atoms with Crippen LogP contribution in [0.4, 0.5) is 17.3 Å². The van der Waals surface area contributed by atoms with Crippen LogP contribution in [-0.2, 0) is 4.74 Å². The summed E-state index contributed by atoms with van der Waals surface area (Å²) in [6, 6.07) is 6.76. The topological polar surface area (TPSA) is 105 Å². The van der Waals surface area contributed by atoms with E-state index in [0.717, 1.165) is 0 Å². The highest BCUT2D eigenvalue weighted by molar-refractivity contribution is 6.33. The molecule has 2 heterocycles. The van der Waals surface area contributed by atoms with Crippen molar-refractivity contribution in [2.24, 2.45) is 0 Å². The Morgan fingerprint density at radius 2 is 2.00 bits per heavy atom. The van der Waals surface area contributed by atoms with Crippen molar-refractivity contribution in [2.75, 3.05) is 42.4 Å². The van der Waals surface area contributed by atoms with Crippen LogP contribution in [0, 0.1) is 0 Å². The lowest BCUT2D eigenvalue weighted by Crippen LogP contribution is -2.37. The van der Waals surface area contributed by atoms with E-state index in [1.165, 1.54) is 6.33 Å². The van der Waals surface area contributed by atoms with E-state index in [9.17, 15) is 4.79 Å². The van der Waals surface area contributed by atoms with E-state index in [0.29, 0.717) is 54.2 Å². The number of nitrogens with two attached hydrogens (primary N) is 1. The molecule has 0 atom stereocenters. The average molecular weight is 349 g/mol. The molecule has 4 N–H and O–H groups in total. The van der Waals surface area contributed by atoms with Crippen molar-refractivity contribution in [3.8, 4) is 0 Å². The molecule has 0 bridgehead atoms. The smallest absolute Gasteiger partial charge is 0.271 e. The zero-order chi connectivity index (χ0) is 16.9. The number of hydrogen-bond donors (Lipinski definition) is 3. The van der Waals surface area contributed by atoms with Gasteiger partial charge >= 0.3 is 0 Å². The van der Waals surface area contributed by atoms with Crippen molar-refractivity contribution in [3.63, 3.8) is 0 Å². The number of nitrogens with zero attached hydrogens (tertiary/aromatic N) is 3. The summed E-state index contributed by atoms with van der Waals surface area (Å²) in [4.78, 5) is 22.5. The van der Waals surface area contributed by atoms with E-state index < -0.39 is 0 Å². The standard InChI is InChI=1S/C15H17ClN6O2/c16-11-4-2-1-3-10(11)15(23)21-20-13-12(17)14(19-9-18-13)22-5-7-24-8-6-22/h1-4,9H,5-8,17H2,(H,21,23)(H,18,19,20). The van der Waals surface area contributed by atoms with E-state index in [4.69, 9.17) is 22.1 Å². The summed E-state index contributed by atoms with van der Waals surface area (Å²) in [5.74, 6) is 0.557. The molecule has 1 aliphatic rings. The summed E-state index contributed by atoms with van der Waals surface area (Å²) < 4.78 is 5.32. The number of aromatic nitrogens is 2. The monoisotopic (exact) mass is 348 g/mol. The normalized spacial score (nSPS) is 14.3. The van der Waals surface area contributed by atoms with Crippen LogP contribution in [0.15, 0.2) is 30.6 Å². The Morgan fingerprint density at radius 1 is 1.25 bits per heavy atom. The summed E-state index contributed by atoms with van der Waals surface area (Å²) in [5, 5.41) is 0.362. The van der Waals surface area contributed by atoms with Gasteiger partial charge in [-0.1, -0.05) is 23.7 Å². The third-order valence-electron chi connectivity index (χ3n) is 3.59. The van der Waals surface area contributed by atoms with Gasteiger partial charge in [-0.25, -0.2) is 9.97 Å². The molecule has 0 spiro atoms. The third kappa shape index (κ3) is 3.50. The number of morpholine rings is 1. The lowest BCUT2D eigenvalue weighted by atomic mass is 10.2. The molecule has 3 rings (SSSR count). The van der Waals surface area contributed by atoms with Crippen LogP contribution < -0.4 is 21.5 Å². The first kappa shape index (κ1) is 16.3. The number of carbonyl (C=O) groups is 1. The first-order chi connectivity index (χ1) is 11.7. The Kier molecular flexibility index (Phi) is 4.97. The number of nitrogen functional groups attached to an aromatic ring is 1. The minimum atomic E-state index is -0.383. The summed E-state index contributed by atoms with van der Waals surface area (Å²) in [7, 11) is 0. The molecule has 1 amide bonds. The molecule has 2 aromatic rings. The minimum absolute atomic E-state index is 0.326. The Bertz CT molecular complexity index is 736. The molecule has 1 fully saturated rings. The van der Waals surface area contributed by atoms with Gasteiger partial charge in [-0.2, -0.15) is 0 Å². The molecule has 1 aromatic heterocycles. The van der Waals surface area contributed by atoms with Crippen LogP contribution in [0.5, 0.6) is 0 Å². The van der Waals surface area contributed by atoms with E-state index in [1.807, 2.05) is 4.90 Å². The number of halogens is 1. The molecular formula is C15H17ClN6O2. The second-order valence-corrected chi connectivity index (χ2v) is 5.53. The van der Waals surface area contributed by atoms with E-state index in [2.05, 4.69) is 20.8 Å². The fraction of sp³-hybridized carbons (Fsp3) is 0.267. The number of benzene rings is 1. The van der Waals surface area contributed by atoms with Crippen molar-refractivity contribution in [3.05, 3.63) is 41.2 Å². The maximum atomic E-state index is 12.2. The van der Waals surface area contributed by atoms with Crippen molar-refractivity contribution < 1.29 is 9.53 Å². The Morgan fingerprint density at radius 3 is 2.75 bits per heavy atom. The summed E-state index contributed by atoms with van der Waals surface area (Å²) in [6.07, 6.45) is 1.39. The number of hydrazine groups is 1. The molecule has 0 radical (unpaired) electrons. The minimum Gasteiger partial charge on any atom is -0.393 e. The Balaban J connectivity index is 1.71. The molecule has 8 nitrogen and oxygen atoms in total. The lowest BCUT2D eigenvalue weighted by Gasteiger charge is -2.28. The van der Waals surface area contributed by atoms with Gasteiger partial charge in [-0.15, -0.1) is 0 Å². The molecule has 1 aromatic carbocycles. The van der Waals surface area contributed by atoms with Gasteiger partial charge in [0, 0.05) is 13.1 Å². The number of rotatable bonds is 4. The Hall–Kier alpha value is -2.58. The zero-order valence-electron chi connectivity index (χ0n) is 12.8. The lowest BCUT2D eigenvalue weighted by molar-refractivity contribution is 0.0962. The fourth-order valence-electron chi connectivity index (χ4n) is 2.34. The summed E-state index contributed by atoms with van der Waals surface area (Å²) in [5.41, 5.74) is 12.1. The Labute approximate surface area is 143 Å². The second kappa shape index (κ2) is 7.33. The van der Waals surface area contributed by atoms with Crippen LogP contribution in [-0.4, -0.2) is 42.2 Å². The van der Waals surface area contributed by atoms with Crippen molar-refractivity contribution in [2.45, 2.75) is 0 Å². The van der Waals surface area contributed by atoms with Crippen LogP contribution >= 0.6 is 11.6 Å². The molecule has 1 saturated heterocycles. The first-order valence-corrected chi connectivity index (χ1v) is 7.78. The quantitative estimate of drug-likeness (QED) is 0.715. The number of anilines is 3. The van der Waals surface area contributed by atoms with E-state index in [-0.39, 0.29) is 5.91 Å². The number of amides is 1. The van der Waals surface area contributed by atoms with Crippen LogP contribution in [0.3, 0.4) is 0 Å². The van der Waals surface area contributed by atoms with Crippen molar-refractivity contribution >= 4 is 34.8 Å². The fourth-order valence-corrected chi connectivity index (χ4v) is 2.56. The zero-order valence-corrected chi connectivity index (χ0v) is 13.6. The van der Waals surface area contributed by atoms with Gasteiger partial charge < -0.3 is 15.4 Å². The molecule has 0 saturated carbocycles. The van der Waals surface area contributed by atoms with Crippen LogP contribution in [0.25, 0.3) is 0 Å². The average Bonchev–Trinajstić information content (AvgIpc) is 2.62. The second-order valence-electron chi connectivity index (χ2n) is 5.12. The number of nitrogens with one attached hydrogen (secondary N) is 2. The van der Waals surface area contributed by atoms with Crippen molar-refractivity contribution in [1.29, 1.82) is 0 Å². The highest BCUT2D eigenvalue weighted by Crippen LogP contribution is 2.26. The number of ether oxygens (including phenoxy) is 1. The third-order valence-corrected chi connectivity index (χ3v) is 3.92. The van der Waals surface area contributed by atoms with Gasteiger partial charge in [0.05, 0.1) is 23.8 Å². The molecular weight excluding hydrogens is 332 g/mol. The molecule has 0 unspecified atom stereocenters. The molecule has 1 aliphatic heterocycles. The van der Waals surface area contributed by atoms with Gasteiger partial charge in [0.1, 0.15) is 12.0 Å². The molecule has 9 heteroatoms. The van der Waals surface area contributed by atoms with Crippen LogP contribution in [0.1, 0.15) is 10.4 Å². The van der Waals surface area contributed by atoms with E-state index in [1.54, 1.807) is 24.3 Å². The maximum Gasteiger partial charge on any atom is 0.271 e. The molecule has 126 valence electrons. The van der Waals surface area contributed by atoms with Gasteiger partial charge in [0.15, 0.2) is 11.6 Å². The number of hydrogen-bond acceptors (Lipinski definition) is 7. The number of carbonyl (C=O) groups excluding carboxylic acids is 1. The first-order valence-electron chi connectivity index (χ1n) is 7.41.